The van der Waals surface area contributed by atoms with Crippen molar-refractivity contribution < 1.29 is 9.90 Å². The molecule has 0 saturated carbocycles. The second-order valence-corrected chi connectivity index (χ2v) is 4.86. The van der Waals surface area contributed by atoms with E-state index in [2.05, 4.69) is 5.32 Å². The number of carbonyl (C=O) groups excluding carboxylic acids is 1. The summed E-state index contributed by atoms with van der Waals surface area (Å²) in [7, 11) is 0. The number of anilines is 1. The molecule has 0 aliphatic heterocycles. The molecule has 0 spiro atoms. The zero-order valence-corrected chi connectivity index (χ0v) is 11.1. The van der Waals surface area contributed by atoms with Crippen molar-refractivity contribution in [2.75, 3.05) is 5.32 Å². The average molecular weight is 258 g/mol. The van der Waals surface area contributed by atoms with E-state index in [0.29, 0.717) is 5.69 Å². The number of benzene rings is 1. The number of hydrogen-bond acceptors (Lipinski definition) is 2. The van der Waals surface area contributed by atoms with Gasteiger partial charge >= 0.3 is 0 Å². The van der Waals surface area contributed by atoms with Gasteiger partial charge in [0, 0.05) is 18.1 Å². The molecule has 0 saturated heterocycles. The van der Waals surface area contributed by atoms with Gasteiger partial charge in [0.1, 0.15) is 11.8 Å². The molecular weight excluding hydrogens is 240 g/mol. The Morgan fingerprint density at radius 1 is 1.16 bits per heavy atom. The normalized spacial score (nSPS) is 12.4. The van der Waals surface area contributed by atoms with E-state index in [0.717, 1.165) is 0 Å². The van der Waals surface area contributed by atoms with Crippen molar-refractivity contribution in [1.29, 1.82) is 0 Å². The molecular formula is C15H18N2O2. The minimum atomic E-state index is -0.246. The molecule has 0 radical (unpaired) electrons. The largest absolute Gasteiger partial charge is 0.508 e. The van der Waals surface area contributed by atoms with Gasteiger partial charge in [-0.3, -0.25) is 4.79 Å². The maximum atomic E-state index is 12.3. The molecule has 1 unspecified atom stereocenters. The smallest absolute Gasteiger partial charge is 0.247 e. The van der Waals surface area contributed by atoms with E-state index in [9.17, 15) is 9.90 Å². The third kappa shape index (κ3) is 3.16. The second kappa shape index (κ2) is 5.61. The summed E-state index contributed by atoms with van der Waals surface area (Å²) in [6, 6.07) is 10.0. The molecule has 2 N–H and O–H groups in total. The van der Waals surface area contributed by atoms with Crippen LogP contribution in [0.25, 0.3) is 0 Å². The number of phenolic OH excluding ortho intramolecular Hbond substituents is 1. The number of nitrogens with one attached hydrogen (secondary N) is 1. The van der Waals surface area contributed by atoms with E-state index in [4.69, 9.17) is 0 Å². The SMILES string of the molecule is CC(C)C(C(=O)Nc1ccc(O)cc1)n1cccc1. The van der Waals surface area contributed by atoms with Gasteiger partial charge in [0.15, 0.2) is 0 Å². The van der Waals surface area contributed by atoms with Crippen LogP contribution >= 0.6 is 0 Å². The van der Waals surface area contributed by atoms with Gasteiger partial charge in [0.05, 0.1) is 0 Å². The highest BCUT2D eigenvalue weighted by Gasteiger charge is 2.23. The molecule has 19 heavy (non-hydrogen) atoms. The Balaban J connectivity index is 2.15. The summed E-state index contributed by atoms with van der Waals surface area (Å²) in [5.41, 5.74) is 0.681. The lowest BCUT2D eigenvalue weighted by Crippen LogP contribution is -2.29. The Kier molecular flexibility index (Phi) is 3.90. The maximum absolute atomic E-state index is 12.3. The number of nitrogens with zero attached hydrogens (tertiary/aromatic N) is 1. The molecule has 0 fully saturated rings. The van der Waals surface area contributed by atoms with Crippen LogP contribution in [0, 0.1) is 5.92 Å². The predicted octanol–water partition coefficient (Wildman–Crippen LogP) is 3.03. The highest BCUT2D eigenvalue weighted by molar-refractivity contribution is 5.93. The number of carbonyl (C=O) groups is 1. The Morgan fingerprint density at radius 2 is 1.74 bits per heavy atom. The maximum Gasteiger partial charge on any atom is 0.247 e. The summed E-state index contributed by atoms with van der Waals surface area (Å²) >= 11 is 0. The van der Waals surface area contributed by atoms with Crippen molar-refractivity contribution in [2.24, 2.45) is 5.92 Å². The highest BCUT2D eigenvalue weighted by Crippen LogP contribution is 2.21. The van der Waals surface area contributed by atoms with Crippen molar-refractivity contribution in [1.82, 2.24) is 4.57 Å². The highest BCUT2D eigenvalue weighted by atomic mass is 16.3. The van der Waals surface area contributed by atoms with Gasteiger partial charge in [-0.25, -0.2) is 0 Å². The molecule has 1 heterocycles. The molecule has 4 heteroatoms. The zero-order valence-electron chi connectivity index (χ0n) is 11.1. The molecule has 2 aromatic rings. The van der Waals surface area contributed by atoms with Crippen molar-refractivity contribution >= 4 is 11.6 Å². The minimum Gasteiger partial charge on any atom is -0.508 e. The monoisotopic (exact) mass is 258 g/mol. The summed E-state index contributed by atoms with van der Waals surface area (Å²) in [6.45, 7) is 4.03. The summed E-state index contributed by atoms with van der Waals surface area (Å²) in [6.07, 6.45) is 3.78. The quantitative estimate of drug-likeness (QED) is 0.828. The lowest BCUT2D eigenvalue weighted by atomic mass is 10.0. The van der Waals surface area contributed by atoms with Crippen LogP contribution in [0.2, 0.25) is 0 Å². The van der Waals surface area contributed by atoms with Crippen molar-refractivity contribution in [3.8, 4) is 5.75 Å². The van der Waals surface area contributed by atoms with Gasteiger partial charge in [-0.05, 0) is 42.3 Å². The van der Waals surface area contributed by atoms with Gasteiger partial charge in [-0.15, -0.1) is 0 Å². The van der Waals surface area contributed by atoms with Crippen LogP contribution in [-0.2, 0) is 4.79 Å². The predicted molar refractivity (Wildman–Crippen MR) is 75.0 cm³/mol. The van der Waals surface area contributed by atoms with Gasteiger partial charge in [0.2, 0.25) is 5.91 Å². The van der Waals surface area contributed by atoms with Crippen molar-refractivity contribution in [2.45, 2.75) is 19.9 Å². The Labute approximate surface area is 112 Å². The molecule has 1 atom stereocenters. The van der Waals surface area contributed by atoms with Crippen molar-refractivity contribution in [3.05, 3.63) is 48.8 Å². The summed E-state index contributed by atoms with van der Waals surface area (Å²) in [4.78, 5) is 12.3. The third-order valence-corrected chi connectivity index (χ3v) is 2.98. The first kappa shape index (κ1) is 13.2. The molecule has 1 aromatic heterocycles. The lowest BCUT2D eigenvalue weighted by molar-refractivity contribution is -0.120. The molecule has 0 aliphatic rings. The molecule has 100 valence electrons. The van der Waals surface area contributed by atoms with Crippen LogP contribution in [0.4, 0.5) is 5.69 Å². The summed E-state index contributed by atoms with van der Waals surface area (Å²) in [5.74, 6) is 0.310. The first-order chi connectivity index (χ1) is 9.08. The van der Waals surface area contributed by atoms with Crippen molar-refractivity contribution in [3.63, 3.8) is 0 Å². The van der Waals surface area contributed by atoms with Gasteiger partial charge in [0.25, 0.3) is 0 Å². The Hall–Kier alpha value is -2.23. The fourth-order valence-corrected chi connectivity index (χ4v) is 2.08. The van der Waals surface area contributed by atoms with E-state index in [1.54, 1.807) is 24.3 Å². The van der Waals surface area contributed by atoms with Crippen LogP contribution in [0.1, 0.15) is 19.9 Å². The molecule has 0 aliphatic carbocycles. The molecule has 4 nitrogen and oxygen atoms in total. The van der Waals surface area contributed by atoms with E-state index in [1.165, 1.54) is 0 Å². The first-order valence-electron chi connectivity index (χ1n) is 6.30. The fourth-order valence-electron chi connectivity index (χ4n) is 2.08. The number of amides is 1. The van der Waals surface area contributed by atoms with Crippen LogP contribution in [-0.4, -0.2) is 15.6 Å². The molecule has 1 aromatic carbocycles. The number of aromatic hydroxyl groups is 1. The number of rotatable bonds is 4. The van der Waals surface area contributed by atoms with Crippen LogP contribution in [0.15, 0.2) is 48.8 Å². The third-order valence-electron chi connectivity index (χ3n) is 2.98. The van der Waals surface area contributed by atoms with Gasteiger partial charge < -0.3 is 15.0 Å². The molecule has 0 bridgehead atoms. The van der Waals surface area contributed by atoms with Crippen LogP contribution < -0.4 is 5.32 Å². The molecule has 1 amide bonds. The van der Waals surface area contributed by atoms with E-state index in [-0.39, 0.29) is 23.6 Å². The Bertz CT molecular complexity index is 530. The van der Waals surface area contributed by atoms with Crippen LogP contribution in [0.3, 0.4) is 0 Å². The average Bonchev–Trinajstić information content (AvgIpc) is 2.85. The van der Waals surface area contributed by atoms with E-state index >= 15 is 0 Å². The first-order valence-corrected chi connectivity index (χ1v) is 6.30. The van der Waals surface area contributed by atoms with Gasteiger partial charge in [-0.1, -0.05) is 13.8 Å². The fraction of sp³-hybridized carbons (Fsp3) is 0.267. The Morgan fingerprint density at radius 3 is 2.26 bits per heavy atom. The molecule has 2 rings (SSSR count). The standard InChI is InChI=1S/C15H18N2O2/c1-11(2)14(17-9-3-4-10-17)15(19)16-12-5-7-13(18)8-6-12/h3-11,14,18H,1-2H3,(H,16,19). The van der Waals surface area contributed by atoms with E-state index in [1.807, 2.05) is 42.9 Å². The number of aromatic nitrogens is 1. The topological polar surface area (TPSA) is 54.3 Å². The van der Waals surface area contributed by atoms with E-state index < -0.39 is 0 Å². The number of hydrogen-bond donors (Lipinski definition) is 2. The summed E-state index contributed by atoms with van der Waals surface area (Å²) in [5, 5.41) is 12.1. The van der Waals surface area contributed by atoms with Crippen LogP contribution in [0.5, 0.6) is 5.75 Å². The zero-order chi connectivity index (χ0) is 13.8. The summed E-state index contributed by atoms with van der Waals surface area (Å²) < 4.78 is 1.90. The lowest BCUT2D eigenvalue weighted by Gasteiger charge is -2.22. The van der Waals surface area contributed by atoms with Gasteiger partial charge in [-0.2, -0.15) is 0 Å². The number of phenols is 1. The minimum absolute atomic E-state index is 0.0584. The second-order valence-electron chi connectivity index (χ2n) is 4.86.